The molecule has 0 aliphatic carbocycles. The van der Waals surface area contributed by atoms with Crippen LogP contribution >= 0.6 is 0 Å². The van der Waals surface area contributed by atoms with Gasteiger partial charge in [-0.2, -0.15) is 0 Å². The molecule has 1 atom stereocenters. The van der Waals surface area contributed by atoms with Gasteiger partial charge in [0.1, 0.15) is 0 Å². The van der Waals surface area contributed by atoms with Crippen molar-refractivity contribution in [3.05, 3.63) is 0 Å². The van der Waals surface area contributed by atoms with Gasteiger partial charge in [-0.1, -0.05) is 34.1 Å². The zero-order chi connectivity index (χ0) is 11.5. The number of nitrogens with one attached hydrogen (secondary N) is 1. The Balaban J connectivity index is 3.87. The highest BCUT2D eigenvalue weighted by Crippen LogP contribution is 2.01. The maximum absolute atomic E-state index is 3.65. The van der Waals surface area contributed by atoms with Crippen LogP contribution in [0.25, 0.3) is 0 Å². The van der Waals surface area contributed by atoms with Gasteiger partial charge in [-0.25, -0.2) is 0 Å². The summed E-state index contributed by atoms with van der Waals surface area (Å²) in [6, 6.07) is 0.696. The Morgan fingerprint density at radius 2 is 1.73 bits per heavy atom. The van der Waals surface area contributed by atoms with Crippen LogP contribution in [-0.2, 0) is 0 Å². The first-order valence-corrected chi connectivity index (χ1v) is 6.74. The summed E-state index contributed by atoms with van der Waals surface area (Å²) < 4.78 is 0. The van der Waals surface area contributed by atoms with E-state index in [1.807, 2.05) is 0 Å². The predicted octanol–water partition coefficient (Wildman–Crippen LogP) is 2.89. The molecule has 0 amide bonds. The summed E-state index contributed by atoms with van der Waals surface area (Å²) in [6.45, 7) is 13.8. The Kier molecular flexibility index (Phi) is 10.4. The molecule has 0 bridgehead atoms. The molecule has 0 spiro atoms. The second-order valence-corrected chi connectivity index (χ2v) is 4.33. The zero-order valence-electron chi connectivity index (χ0n) is 11.2. The largest absolute Gasteiger partial charge is 0.313 e. The van der Waals surface area contributed by atoms with Gasteiger partial charge in [0.2, 0.25) is 0 Å². The molecule has 92 valence electrons. The number of rotatable bonds is 10. The minimum atomic E-state index is 0.696. The molecule has 2 heteroatoms. The van der Waals surface area contributed by atoms with Crippen LogP contribution in [0, 0.1) is 0 Å². The SMILES string of the molecule is CCCNC(CCC)CN(CC)CCC. The van der Waals surface area contributed by atoms with Gasteiger partial charge in [0, 0.05) is 12.6 Å². The fourth-order valence-electron chi connectivity index (χ4n) is 1.96. The molecule has 0 aromatic rings. The van der Waals surface area contributed by atoms with Crippen molar-refractivity contribution in [2.24, 2.45) is 0 Å². The van der Waals surface area contributed by atoms with Crippen molar-refractivity contribution in [1.82, 2.24) is 10.2 Å². The van der Waals surface area contributed by atoms with Gasteiger partial charge in [-0.3, -0.25) is 0 Å². The van der Waals surface area contributed by atoms with Crippen LogP contribution in [0.15, 0.2) is 0 Å². The second kappa shape index (κ2) is 10.4. The summed E-state index contributed by atoms with van der Waals surface area (Å²) in [6.07, 6.45) is 5.09. The second-order valence-electron chi connectivity index (χ2n) is 4.33. The van der Waals surface area contributed by atoms with Crippen LogP contribution in [0.2, 0.25) is 0 Å². The van der Waals surface area contributed by atoms with Crippen LogP contribution in [0.5, 0.6) is 0 Å². The standard InChI is InChI=1S/C13H30N2/c1-5-9-13(14-10-6-2)12-15(8-4)11-7-3/h13-14H,5-12H2,1-4H3. The van der Waals surface area contributed by atoms with E-state index >= 15 is 0 Å². The van der Waals surface area contributed by atoms with Crippen LogP contribution in [0.4, 0.5) is 0 Å². The van der Waals surface area contributed by atoms with E-state index in [0.29, 0.717) is 6.04 Å². The Morgan fingerprint density at radius 3 is 2.20 bits per heavy atom. The van der Waals surface area contributed by atoms with E-state index in [4.69, 9.17) is 0 Å². The number of nitrogens with zero attached hydrogens (tertiary/aromatic N) is 1. The van der Waals surface area contributed by atoms with Crippen molar-refractivity contribution < 1.29 is 0 Å². The maximum atomic E-state index is 3.65. The van der Waals surface area contributed by atoms with Crippen LogP contribution < -0.4 is 5.32 Å². The Bertz CT molecular complexity index is 126. The molecular formula is C13H30N2. The molecule has 15 heavy (non-hydrogen) atoms. The quantitative estimate of drug-likeness (QED) is 0.601. The van der Waals surface area contributed by atoms with Crippen LogP contribution in [0.1, 0.15) is 53.4 Å². The minimum absolute atomic E-state index is 0.696. The maximum Gasteiger partial charge on any atom is 0.0194 e. The van der Waals surface area contributed by atoms with E-state index in [1.165, 1.54) is 45.3 Å². The van der Waals surface area contributed by atoms with Gasteiger partial charge >= 0.3 is 0 Å². The van der Waals surface area contributed by atoms with Crippen molar-refractivity contribution in [2.45, 2.75) is 59.4 Å². The molecule has 0 aromatic carbocycles. The molecule has 1 N–H and O–H groups in total. The van der Waals surface area contributed by atoms with Gasteiger partial charge in [0.15, 0.2) is 0 Å². The van der Waals surface area contributed by atoms with Crippen molar-refractivity contribution in [1.29, 1.82) is 0 Å². The van der Waals surface area contributed by atoms with Gasteiger partial charge in [-0.15, -0.1) is 0 Å². The molecule has 0 radical (unpaired) electrons. The molecule has 0 rings (SSSR count). The molecule has 0 heterocycles. The fraction of sp³-hybridized carbons (Fsp3) is 1.00. The molecule has 0 saturated carbocycles. The summed E-state index contributed by atoms with van der Waals surface area (Å²) in [5.74, 6) is 0. The molecule has 0 saturated heterocycles. The average Bonchev–Trinajstić information content (AvgIpc) is 2.25. The summed E-state index contributed by atoms with van der Waals surface area (Å²) in [4.78, 5) is 2.56. The first-order valence-electron chi connectivity index (χ1n) is 6.74. The minimum Gasteiger partial charge on any atom is -0.313 e. The summed E-state index contributed by atoms with van der Waals surface area (Å²) in [5.41, 5.74) is 0. The normalized spacial score (nSPS) is 13.4. The highest BCUT2D eigenvalue weighted by atomic mass is 15.1. The van der Waals surface area contributed by atoms with E-state index in [1.54, 1.807) is 0 Å². The van der Waals surface area contributed by atoms with Gasteiger partial charge in [0.05, 0.1) is 0 Å². The molecule has 2 nitrogen and oxygen atoms in total. The number of hydrogen-bond donors (Lipinski definition) is 1. The smallest absolute Gasteiger partial charge is 0.0194 e. The molecule has 0 aliphatic heterocycles. The van der Waals surface area contributed by atoms with Crippen molar-refractivity contribution in [3.8, 4) is 0 Å². The van der Waals surface area contributed by atoms with Crippen molar-refractivity contribution in [2.75, 3.05) is 26.2 Å². The van der Waals surface area contributed by atoms with Gasteiger partial charge in [0.25, 0.3) is 0 Å². The average molecular weight is 214 g/mol. The molecule has 1 unspecified atom stereocenters. The molecular weight excluding hydrogens is 184 g/mol. The molecule has 0 aromatic heterocycles. The first kappa shape index (κ1) is 14.9. The Hall–Kier alpha value is -0.0800. The van der Waals surface area contributed by atoms with Gasteiger partial charge < -0.3 is 10.2 Å². The molecule has 0 fully saturated rings. The van der Waals surface area contributed by atoms with E-state index in [2.05, 4.69) is 37.9 Å². The summed E-state index contributed by atoms with van der Waals surface area (Å²) in [5, 5.41) is 3.65. The molecule has 0 aliphatic rings. The van der Waals surface area contributed by atoms with E-state index < -0.39 is 0 Å². The van der Waals surface area contributed by atoms with Crippen LogP contribution in [0.3, 0.4) is 0 Å². The lowest BCUT2D eigenvalue weighted by molar-refractivity contribution is 0.246. The number of likely N-dealkylation sites (N-methyl/N-ethyl adjacent to an activating group) is 1. The van der Waals surface area contributed by atoms with E-state index in [0.717, 1.165) is 6.54 Å². The van der Waals surface area contributed by atoms with Crippen LogP contribution in [-0.4, -0.2) is 37.1 Å². The third-order valence-electron chi connectivity index (χ3n) is 2.79. The summed E-state index contributed by atoms with van der Waals surface area (Å²) >= 11 is 0. The lowest BCUT2D eigenvalue weighted by atomic mass is 10.1. The van der Waals surface area contributed by atoms with E-state index in [9.17, 15) is 0 Å². The lowest BCUT2D eigenvalue weighted by Gasteiger charge is -2.26. The van der Waals surface area contributed by atoms with Gasteiger partial charge in [-0.05, 0) is 38.9 Å². The monoisotopic (exact) mass is 214 g/mol. The Labute approximate surface area is 96.4 Å². The fourth-order valence-corrected chi connectivity index (χ4v) is 1.96. The first-order chi connectivity index (χ1) is 7.28. The zero-order valence-corrected chi connectivity index (χ0v) is 11.2. The highest BCUT2D eigenvalue weighted by molar-refractivity contribution is 4.71. The summed E-state index contributed by atoms with van der Waals surface area (Å²) in [7, 11) is 0. The topological polar surface area (TPSA) is 15.3 Å². The van der Waals surface area contributed by atoms with E-state index in [-0.39, 0.29) is 0 Å². The third-order valence-corrected chi connectivity index (χ3v) is 2.79. The van der Waals surface area contributed by atoms with Crippen molar-refractivity contribution >= 4 is 0 Å². The highest BCUT2D eigenvalue weighted by Gasteiger charge is 2.10. The number of hydrogen-bond acceptors (Lipinski definition) is 2. The van der Waals surface area contributed by atoms with Crippen molar-refractivity contribution in [3.63, 3.8) is 0 Å². The third kappa shape index (κ3) is 7.80. The predicted molar refractivity (Wildman–Crippen MR) is 69.4 cm³/mol. The Morgan fingerprint density at radius 1 is 1.00 bits per heavy atom. The lowest BCUT2D eigenvalue weighted by Crippen LogP contribution is -2.41.